The molecule has 122 valence electrons. The van der Waals surface area contributed by atoms with Gasteiger partial charge in [-0.05, 0) is 48.2 Å². The highest BCUT2D eigenvalue weighted by Crippen LogP contribution is 2.16. The number of H-pyrrole nitrogens is 1. The van der Waals surface area contributed by atoms with Crippen molar-refractivity contribution in [2.24, 2.45) is 0 Å². The Balaban J connectivity index is 1.50. The average molecular weight is 321 g/mol. The Kier molecular flexibility index (Phi) is 4.61. The predicted molar refractivity (Wildman–Crippen MR) is 93.7 cm³/mol. The number of aromatic nitrogens is 1. The van der Waals surface area contributed by atoms with Crippen molar-refractivity contribution in [1.82, 2.24) is 15.6 Å². The van der Waals surface area contributed by atoms with E-state index in [-0.39, 0.29) is 18.4 Å². The summed E-state index contributed by atoms with van der Waals surface area (Å²) in [7, 11) is 0. The van der Waals surface area contributed by atoms with Crippen molar-refractivity contribution < 1.29 is 9.59 Å². The molecule has 3 N–H and O–H groups in total. The fourth-order valence-electron chi connectivity index (χ4n) is 2.55. The number of nitrogens with one attached hydrogen (secondary N) is 3. The van der Waals surface area contributed by atoms with E-state index < -0.39 is 0 Å². The largest absolute Gasteiger partial charge is 0.359 e. The molecule has 0 fully saturated rings. The molecule has 24 heavy (non-hydrogen) atoms. The van der Waals surface area contributed by atoms with E-state index in [4.69, 9.17) is 0 Å². The van der Waals surface area contributed by atoms with Crippen LogP contribution in [-0.2, 0) is 11.3 Å². The second-order valence-electron chi connectivity index (χ2n) is 5.70. The van der Waals surface area contributed by atoms with E-state index in [9.17, 15) is 9.59 Å². The van der Waals surface area contributed by atoms with E-state index >= 15 is 0 Å². The highest BCUT2D eigenvalue weighted by molar-refractivity contribution is 5.96. The van der Waals surface area contributed by atoms with Gasteiger partial charge in [-0.2, -0.15) is 0 Å². The molecule has 5 nitrogen and oxygen atoms in total. The Morgan fingerprint density at radius 2 is 1.79 bits per heavy atom. The number of hydrogen-bond acceptors (Lipinski definition) is 2. The Morgan fingerprint density at radius 1 is 1.00 bits per heavy atom. The molecule has 0 aliphatic carbocycles. The Labute approximate surface area is 140 Å². The highest BCUT2D eigenvalue weighted by Gasteiger charge is 2.07. The van der Waals surface area contributed by atoms with E-state index in [0.717, 1.165) is 22.2 Å². The summed E-state index contributed by atoms with van der Waals surface area (Å²) in [5.74, 6) is -0.473. The molecule has 0 aliphatic rings. The minimum Gasteiger partial charge on any atom is -0.359 e. The smallest absolute Gasteiger partial charge is 0.251 e. The first kappa shape index (κ1) is 15.8. The van der Waals surface area contributed by atoms with Gasteiger partial charge in [0.2, 0.25) is 5.91 Å². The zero-order valence-corrected chi connectivity index (χ0v) is 13.4. The van der Waals surface area contributed by atoms with Gasteiger partial charge in [-0.1, -0.05) is 24.3 Å². The van der Waals surface area contributed by atoms with Crippen molar-refractivity contribution in [3.63, 3.8) is 0 Å². The van der Waals surface area contributed by atoms with Crippen LogP contribution in [0.3, 0.4) is 0 Å². The molecule has 0 aliphatic heterocycles. The van der Waals surface area contributed by atoms with Gasteiger partial charge in [0, 0.05) is 23.3 Å². The minimum absolute atomic E-state index is 0.0424. The number of fused-ring (bicyclic) bond motifs is 1. The second-order valence-corrected chi connectivity index (χ2v) is 5.70. The summed E-state index contributed by atoms with van der Waals surface area (Å²) in [6.45, 7) is 2.40. The SMILES string of the molecule is Cc1cc2cc(CNC(=O)CNC(=O)c3ccccc3)ccc2[nH]1. The van der Waals surface area contributed by atoms with Crippen molar-refractivity contribution in [1.29, 1.82) is 0 Å². The molecule has 3 aromatic rings. The lowest BCUT2D eigenvalue weighted by atomic mass is 10.1. The number of carbonyl (C=O) groups is 2. The first-order chi connectivity index (χ1) is 11.6. The second kappa shape index (κ2) is 7.00. The zero-order valence-electron chi connectivity index (χ0n) is 13.4. The molecule has 0 bridgehead atoms. The van der Waals surface area contributed by atoms with Gasteiger partial charge in [-0.25, -0.2) is 0 Å². The van der Waals surface area contributed by atoms with Gasteiger partial charge in [0.15, 0.2) is 0 Å². The number of amides is 2. The molecular weight excluding hydrogens is 302 g/mol. The lowest BCUT2D eigenvalue weighted by Gasteiger charge is -2.07. The first-order valence-corrected chi connectivity index (χ1v) is 7.80. The maximum atomic E-state index is 11.9. The molecule has 0 atom stereocenters. The molecule has 3 rings (SSSR count). The van der Waals surface area contributed by atoms with Crippen molar-refractivity contribution in [3.05, 3.63) is 71.4 Å². The van der Waals surface area contributed by atoms with Gasteiger partial charge >= 0.3 is 0 Å². The van der Waals surface area contributed by atoms with Crippen LogP contribution in [0.5, 0.6) is 0 Å². The molecule has 0 saturated carbocycles. The Hall–Kier alpha value is -3.08. The van der Waals surface area contributed by atoms with E-state index in [1.54, 1.807) is 24.3 Å². The standard InChI is InChI=1S/C19H19N3O2/c1-13-9-16-10-14(7-8-17(16)22-13)11-20-18(23)12-21-19(24)15-5-3-2-4-6-15/h2-10,22H,11-12H2,1H3,(H,20,23)(H,21,24). The third kappa shape index (κ3) is 3.81. The highest BCUT2D eigenvalue weighted by atomic mass is 16.2. The molecule has 1 heterocycles. The van der Waals surface area contributed by atoms with Gasteiger partial charge in [0.1, 0.15) is 0 Å². The van der Waals surface area contributed by atoms with Crippen molar-refractivity contribution in [3.8, 4) is 0 Å². The number of rotatable bonds is 5. The van der Waals surface area contributed by atoms with Crippen LogP contribution in [-0.4, -0.2) is 23.3 Å². The Morgan fingerprint density at radius 3 is 2.58 bits per heavy atom. The summed E-state index contributed by atoms with van der Waals surface area (Å²) in [6, 6.07) is 16.9. The third-order valence-electron chi connectivity index (χ3n) is 3.75. The number of benzene rings is 2. The minimum atomic E-state index is -0.255. The average Bonchev–Trinajstić information content (AvgIpc) is 2.97. The summed E-state index contributed by atoms with van der Waals surface area (Å²) in [5.41, 5.74) is 3.75. The fourth-order valence-corrected chi connectivity index (χ4v) is 2.55. The topological polar surface area (TPSA) is 74.0 Å². The summed E-state index contributed by atoms with van der Waals surface area (Å²) in [4.78, 5) is 27.0. The van der Waals surface area contributed by atoms with Gasteiger partial charge in [0.05, 0.1) is 6.54 Å². The molecular formula is C19H19N3O2. The predicted octanol–water partition coefficient (Wildman–Crippen LogP) is 2.52. The van der Waals surface area contributed by atoms with Crippen LogP contribution < -0.4 is 10.6 Å². The van der Waals surface area contributed by atoms with Crippen molar-refractivity contribution in [2.75, 3.05) is 6.54 Å². The van der Waals surface area contributed by atoms with Crippen LogP contribution in [0.4, 0.5) is 0 Å². The fraction of sp³-hybridized carbons (Fsp3) is 0.158. The van der Waals surface area contributed by atoms with Gasteiger partial charge in [-0.15, -0.1) is 0 Å². The van der Waals surface area contributed by atoms with E-state index in [2.05, 4.69) is 21.7 Å². The number of aryl methyl sites for hydroxylation is 1. The van der Waals surface area contributed by atoms with Crippen LogP contribution in [0.15, 0.2) is 54.6 Å². The van der Waals surface area contributed by atoms with E-state index in [1.807, 2.05) is 31.2 Å². The molecule has 5 heteroatoms. The molecule has 1 aromatic heterocycles. The van der Waals surface area contributed by atoms with E-state index in [1.165, 1.54) is 0 Å². The van der Waals surface area contributed by atoms with Gasteiger partial charge in [-0.3, -0.25) is 9.59 Å². The van der Waals surface area contributed by atoms with Crippen LogP contribution in [0.2, 0.25) is 0 Å². The number of aromatic amines is 1. The molecule has 0 saturated heterocycles. The molecule has 0 unspecified atom stereocenters. The lowest BCUT2D eigenvalue weighted by molar-refractivity contribution is -0.120. The van der Waals surface area contributed by atoms with E-state index in [0.29, 0.717) is 12.1 Å². The molecule has 0 spiro atoms. The monoisotopic (exact) mass is 321 g/mol. The Bertz CT molecular complexity index is 869. The lowest BCUT2D eigenvalue weighted by Crippen LogP contribution is -2.36. The quantitative estimate of drug-likeness (QED) is 0.675. The number of hydrogen-bond donors (Lipinski definition) is 3. The third-order valence-corrected chi connectivity index (χ3v) is 3.75. The summed E-state index contributed by atoms with van der Waals surface area (Å²) in [6.07, 6.45) is 0. The maximum Gasteiger partial charge on any atom is 0.251 e. The summed E-state index contributed by atoms with van der Waals surface area (Å²) < 4.78 is 0. The molecule has 2 aromatic carbocycles. The van der Waals surface area contributed by atoms with Crippen molar-refractivity contribution in [2.45, 2.75) is 13.5 Å². The maximum absolute atomic E-state index is 11.9. The van der Waals surface area contributed by atoms with Crippen LogP contribution in [0.25, 0.3) is 10.9 Å². The summed E-state index contributed by atoms with van der Waals surface area (Å²) >= 11 is 0. The number of carbonyl (C=O) groups excluding carboxylic acids is 2. The van der Waals surface area contributed by atoms with Crippen molar-refractivity contribution >= 4 is 22.7 Å². The normalized spacial score (nSPS) is 10.5. The van der Waals surface area contributed by atoms with Crippen LogP contribution >= 0.6 is 0 Å². The first-order valence-electron chi connectivity index (χ1n) is 7.80. The van der Waals surface area contributed by atoms with Crippen LogP contribution in [0, 0.1) is 6.92 Å². The molecule has 2 amide bonds. The van der Waals surface area contributed by atoms with Gasteiger partial charge < -0.3 is 15.6 Å². The molecule has 0 radical (unpaired) electrons. The zero-order chi connectivity index (χ0) is 16.9. The summed E-state index contributed by atoms with van der Waals surface area (Å²) in [5, 5.41) is 6.55. The van der Waals surface area contributed by atoms with Gasteiger partial charge in [0.25, 0.3) is 5.91 Å². The van der Waals surface area contributed by atoms with Crippen LogP contribution in [0.1, 0.15) is 21.6 Å².